The van der Waals surface area contributed by atoms with Crippen LogP contribution in [0.2, 0.25) is 0 Å². The van der Waals surface area contributed by atoms with Crippen LogP contribution in [0.15, 0.2) is 53.6 Å². The average Bonchev–Trinajstić information content (AvgIpc) is 2.62. The van der Waals surface area contributed by atoms with Gasteiger partial charge in [0.05, 0.1) is 6.21 Å². The van der Waals surface area contributed by atoms with Gasteiger partial charge < -0.3 is 14.2 Å². The standard InChI is InChI=1S/C18H16N2O5/c1-12(21)24-14-8-6-13(7-9-14)10-19-20-18(22)17-11-23-15-4-2-3-5-16(15)25-17/h2-10,17H,11H2,1H3,(H,20,22)/b19-10-/t17-/m1/s1. The average molecular weight is 340 g/mol. The largest absolute Gasteiger partial charge is 0.485 e. The number of nitrogens with one attached hydrogen (secondary N) is 1. The van der Waals surface area contributed by atoms with Gasteiger partial charge in [0.1, 0.15) is 12.4 Å². The summed E-state index contributed by atoms with van der Waals surface area (Å²) in [6.07, 6.45) is 0.714. The van der Waals surface area contributed by atoms with Crippen LogP contribution in [0, 0.1) is 0 Å². The van der Waals surface area contributed by atoms with E-state index in [4.69, 9.17) is 14.2 Å². The van der Waals surface area contributed by atoms with Crippen molar-refractivity contribution in [1.29, 1.82) is 0 Å². The molecule has 7 heteroatoms. The van der Waals surface area contributed by atoms with Crippen LogP contribution in [0.1, 0.15) is 12.5 Å². The predicted octanol–water partition coefficient (Wildman–Crippen LogP) is 1.90. The van der Waals surface area contributed by atoms with Crippen molar-refractivity contribution in [2.45, 2.75) is 13.0 Å². The highest BCUT2D eigenvalue weighted by molar-refractivity contribution is 5.85. The van der Waals surface area contributed by atoms with Crippen molar-refractivity contribution in [3.05, 3.63) is 54.1 Å². The van der Waals surface area contributed by atoms with Gasteiger partial charge in [-0.15, -0.1) is 0 Å². The minimum absolute atomic E-state index is 0.120. The Bertz CT molecular complexity index is 801. The van der Waals surface area contributed by atoms with Crippen LogP contribution in [0.4, 0.5) is 0 Å². The Hall–Kier alpha value is -3.35. The minimum atomic E-state index is -0.765. The third-order valence-electron chi connectivity index (χ3n) is 3.33. The summed E-state index contributed by atoms with van der Waals surface area (Å²) in [7, 11) is 0. The molecule has 0 radical (unpaired) electrons. The summed E-state index contributed by atoms with van der Waals surface area (Å²) in [6.45, 7) is 1.45. The van der Waals surface area contributed by atoms with Crippen molar-refractivity contribution in [1.82, 2.24) is 5.43 Å². The maximum absolute atomic E-state index is 12.1. The number of benzene rings is 2. The molecule has 0 aliphatic carbocycles. The molecule has 0 saturated carbocycles. The first-order chi connectivity index (χ1) is 12.1. The zero-order chi connectivity index (χ0) is 17.6. The fourth-order valence-electron chi connectivity index (χ4n) is 2.18. The lowest BCUT2D eigenvalue weighted by Crippen LogP contribution is -2.42. The molecule has 2 aromatic rings. The Morgan fingerprint density at radius 1 is 1.16 bits per heavy atom. The van der Waals surface area contributed by atoms with E-state index in [0.717, 1.165) is 5.56 Å². The second kappa shape index (κ2) is 7.48. The number of ether oxygens (including phenoxy) is 3. The zero-order valence-corrected chi connectivity index (χ0v) is 13.5. The lowest BCUT2D eigenvalue weighted by molar-refractivity contribution is -0.132. The van der Waals surface area contributed by atoms with Gasteiger partial charge in [0.25, 0.3) is 5.91 Å². The molecular formula is C18H16N2O5. The van der Waals surface area contributed by atoms with E-state index in [2.05, 4.69) is 10.5 Å². The molecule has 0 spiro atoms. The number of para-hydroxylation sites is 2. The van der Waals surface area contributed by atoms with Crippen molar-refractivity contribution >= 4 is 18.1 Å². The molecule has 1 heterocycles. The van der Waals surface area contributed by atoms with Crippen LogP contribution in [0.25, 0.3) is 0 Å². The smallest absolute Gasteiger partial charge is 0.308 e. The van der Waals surface area contributed by atoms with E-state index in [-0.39, 0.29) is 12.6 Å². The Kier molecular flexibility index (Phi) is 4.94. The SMILES string of the molecule is CC(=O)Oc1ccc(/C=N\NC(=O)[C@H]2COc3ccccc3O2)cc1. The number of nitrogens with zero attached hydrogens (tertiary/aromatic N) is 1. The van der Waals surface area contributed by atoms with Gasteiger partial charge in [-0.05, 0) is 42.0 Å². The van der Waals surface area contributed by atoms with Gasteiger partial charge in [0, 0.05) is 6.92 Å². The van der Waals surface area contributed by atoms with E-state index in [0.29, 0.717) is 17.2 Å². The Balaban J connectivity index is 1.54. The summed E-state index contributed by atoms with van der Waals surface area (Å²) < 4.78 is 16.0. The van der Waals surface area contributed by atoms with Gasteiger partial charge in [-0.25, -0.2) is 5.43 Å². The van der Waals surface area contributed by atoms with E-state index in [1.54, 1.807) is 42.5 Å². The van der Waals surface area contributed by atoms with Gasteiger partial charge in [0.2, 0.25) is 6.10 Å². The molecule has 128 valence electrons. The van der Waals surface area contributed by atoms with E-state index in [1.807, 2.05) is 6.07 Å². The molecule has 3 rings (SSSR count). The topological polar surface area (TPSA) is 86.2 Å². The quantitative estimate of drug-likeness (QED) is 0.398. The van der Waals surface area contributed by atoms with E-state index < -0.39 is 12.0 Å². The van der Waals surface area contributed by atoms with Gasteiger partial charge in [-0.1, -0.05) is 12.1 Å². The number of esters is 1. The molecule has 0 fully saturated rings. The predicted molar refractivity (Wildman–Crippen MR) is 89.8 cm³/mol. The highest BCUT2D eigenvalue weighted by atomic mass is 16.6. The summed E-state index contributed by atoms with van der Waals surface area (Å²) in [6, 6.07) is 13.9. The molecular weight excluding hydrogens is 324 g/mol. The number of hydrogen-bond donors (Lipinski definition) is 1. The maximum Gasteiger partial charge on any atom is 0.308 e. The molecule has 1 amide bonds. The van der Waals surface area contributed by atoms with Crippen molar-refractivity contribution < 1.29 is 23.8 Å². The third kappa shape index (κ3) is 4.35. The van der Waals surface area contributed by atoms with Crippen LogP contribution >= 0.6 is 0 Å². The maximum atomic E-state index is 12.1. The van der Waals surface area contributed by atoms with Gasteiger partial charge >= 0.3 is 5.97 Å². The number of rotatable bonds is 4. The zero-order valence-electron chi connectivity index (χ0n) is 13.5. The normalized spacial score (nSPS) is 15.6. The number of hydrazone groups is 1. The fraction of sp³-hybridized carbons (Fsp3) is 0.167. The second-order valence-corrected chi connectivity index (χ2v) is 5.26. The van der Waals surface area contributed by atoms with Crippen molar-refractivity contribution in [3.63, 3.8) is 0 Å². The van der Waals surface area contributed by atoms with Crippen molar-refractivity contribution in [3.8, 4) is 17.2 Å². The van der Waals surface area contributed by atoms with Crippen LogP contribution in [0.3, 0.4) is 0 Å². The first-order valence-electron chi connectivity index (χ1n) is 7.62. The van der Waals surface area contributed by atoms with Crippen molar-refractivity contribution in [2.24, 2.45) is 5.10 Å². The van der Waals surface area contributed by atoms with Gasteiger partial charge in [-0.3, -0.25) is 9.59 Å². The Morgan fingerprint density at radius 3 is 2.60 bits per heavy atom. The molecule has 1 atom stereocenters. The van der Waals surface area contributed by atoms with E-state index >= 15 is 0 Å². The summed E-state index contributed by atoms with van der Waals surface area (Å²) in [5.41, 5.74) is 3.16. The molecule has 1 aliphatic heterocycles. The summed E-state index contributed by atoms with van der Waals surface area (Å²) in [5, 5.41) is 3.90. The monoisotopic (exact) mass is 340 g/mol. The molecule has 0 aromatic heterocycles. The first-order valence-corrected chi connectivity index (χ1v) is 7.62. The van der Waals surface area contributed by atoms with Crippen LogP contribution in [-0.4, -0.2) is 30.8 Å². The molecule has 25 heavy (non-hydrogen) atoms. The van der Waals surface area contributed by atoms with Crippen LogP contribution < -0.4 is 19.6 Å². The number of carbonyl (C=O) groups is 2. The molecule has 0 bridgehead atoms. The van der Waals surface area contributed by atoms with Crippen LogP contribution in [-0.2, 0) is 9.59 Å². The van der Waals surface area contributed by atoms with Crippen molar-refractivity contribution in [2.75, 3.05) is 6.61 Å². The molecule has 0 saturated heterocycles. The number of amides is 1. The highest BCUT2D eigenvalue weighted by Crippen LogP contribution is 2.30. The highest BCUT2D eigenvalue weighted by Gasteiger charge is 2.26. The van der Waals surface area contributed by atoms with E-state index in [9.17, 15) is 9.59 Å². The molecule has 1 N–H and O–H groups in total. The fourth-order valence-corrected chi connectivity index (χ4v) is 2.18. The lowest BCUT2D eigenvalue weighted by atomic mass is 10.2. The lowest BCUT2D eigenvalue weighted by Gasteiger charge is -2.24. The summed E-state index contributed by atoms with van der Waals surface area (Å²) >= 11 is 0. The first kappa shape index (κ1) is 16.5. The molecule has 1 aliphatic rings. The molecule has 0 unspecified atom stereocenters. The number of carbonyl (C=O) groups excluding carboxylic acids is 2. The van der Waals surface area contributed by atoms with Crippen LogP contribution in [0.5, 0.6) is 17.2 Å². The third-order valence-corrected chi connectivity index (χ3v) is 3.33. The molecule has 7 nitrogen and oxygen atoms in total. The number of fused-ring (bicyclic) bond motifs is 1. The molecule has 2 aromatic carbocycles. The Labute approximate surface area is 144 Å². The van der Waals surface area contributed by atoms with Gasteiger partial charge in [0.15, 0.2) is 11.5 Å². The summed E-state index contributed by atoms with van der Waals surface area (Å²) in [4.78, 5) is 22.9. The number of hydrogen-bond acceptors (Lipinski definition) is 6. The minimum Gasteiger partial charge on any atom is -0.485 e. The Morgan fingerprint density at radius 2 is 1.88 bits per heavy atom. The summed E-state index contributed by atoms with van der Waals surface area (Å²) in [5.74, 6) is 0.800. The van der Waals surface area contributed by atoms with Gasteiger partial charge in [-0.2, -0.15) is 5.10 Å². The second-order valence-electron chi connectivity index (χ2n) is 5.26. The van der Waals surface area contributed by atoms with E-state index in [1.165, 1.54) is 13.1 Å².